The van der Waals surface area contributed by atoms with E-state index in [1.165, 1.54) is 23.9 Å². The molecule has 0 saturated heterocycles. The summed E-state index contributed by atoms with van der Waals surface area (Å²) < 4.78 is 1.91. The minimum atomic E-state index is -0.402. The van der Waals surface area contributed by atoms with Gasteiger partial charge in [0.2, 0.25) is 0 Å². The van der Waals surface area contributed by atoms with E-state index in [1.54, 1.807) is 18.6 Å². The van der Waals surface area contributed by atoms with Gasteiger partial charge in [-0.15, -0.1) is 0 Å². The van der Waals surface area contributed by atoms with Crippen LogP contribution in [0.4, 0.5) is 5.69 Å². The first-order chi connectivity index (χ1) is 10.6. The van der Waals surface area contributed by atoms with Gasteiger partial charge in [-0.2, -0.15) is 0 Å². The van der Waals surface area contributed by atoms with Gasteiger partial charge in [0.25, 0.3) is 5.69 Å². The number of benzene rings is 1. The van der Waals surface area contributed by atoms with Crippen molar-refractivity contribution in [3.63, 3.8) is 0 Å². The van der Waals surface area contributed by atoms with Crippen molar-refractivity contribution < 1.29 is 4.92 Å². The minimum Gasteiger partial charge on any atom is -0.334 e. The summed E-state index contributed by atoms with van der Waals surface area (Å²) in [4.78, 5) is 19.3. The van der Waals surface area contributed by atoms with Gasteiger partial charge in [0.15, 0.2) is 0 Å². The molecule has 0 radical (unpaired) electrons. The van der Waals surface area contributed by atoms with Crippen LogP contribution in [-0.4, -0.2) is 19.5 Å². The number of imidazole rings is 1. The van der Waals surface area contributed by atoms with Crippen molar-refractivity contribution in [1.82, 2.24) is 14.5 Å². The molecule has 2 heterocycles. The van der Waals surface area contributed by atoms with Crippen molar-refractivity contribution in [3.05, 3.63) is 57.5 Å². The standard InChI is InChI=1S/C14H11ClN4O2S/c1-18-8-17-13-12(18)4-5-16-14(13)22-7-9-6-10(15)2-3-11(9)19(20)21/h2-6,8H,7H2,1H3. The Balaban J connectivity index is 1.91. The second kappa shape index (κ2) is 5.94. The number of rotatable bonds is 4. The molecule has 2 aromatic heterocycles. The highest BCUT2D eigenvalue weighted by molar-refractivity contribution is 7.98. The van der Waals surface area contributed by atoms with Crippen molar-refractivity contribution in [3.8, 4) is 0 Å². The smallest absolute Gasteiger partial charge is 0.273 e. The SMILES string of the molecule is Cn1cnc2c(SCc3cc(Cl)ccc3[N+](=O)[O-])nccc21. The number of fused-ring (bicyclic) bond motifs is 1. The van der Waals surface area contributed by atoms with Gasteiger partial charge in [0.05, 0.1) is 16.8 Å². The van der Waals surface area contributed by atoms with Crippen LogP contribution in [0.2, 0.25) is 5.02 Å². The Kier molecular flexibility index (Phi) is 4.00. The van der Waals surface area contributed by atoms with Crippen molar-refractivity contribution in [2.75, 3.05) is 0 Å². The van der Waals surface area contributed by atoms with Gasteiger partial charge >= 0.3 is 0 Å². The number of nitrogens with zero attached hydrogens (tertiary/aromatic N) is 4. The first kappa shape index (κ1) is 14.8. The fourth-order valence-electron chi connectivity index (χ4n) is 2.14. The van der Waals surface area contributed by atoms with Gasteiger partial charge in [0.1, 0.15) is 10.5 Å². The lowest BCUT2D eigenvalue weighted by molar-refractivity contribution is -0.385. The summed E-state index contributed by atoms with van der Waals surface area (Å²) >= 11 is 7.35. The van der Waals surface area contributed by atoms with Crippen molar-refractivity contribution in [2.45, 2.75) is 10.8 Å². The molecular weight excluding hydrogens is 324 g/mol. The maximum atomic E-state index is 11.1. The maximum absolute atomic E-state index is 11.1. The molecule has 0 saturated carbocycles. The molecule has 6 nitrogen and oxygen atoms in total. The summed E-state index contributed by atoms with van der Waals surface area (Å²) in [6, 6.07) is 6.44. The number of nitro groups is 1. The van der Waals surface area contributed by atoms with Crippen LogP contribution in [0.5, 0.6) is 0 Å². The normalized spacial score (nSPS) is 11.0. The van der Waals surface area contributed by atoms with Crippen LogP contribution in [-0.2, 0) is 12.8 Å². The van der Waals surface area contributed by atoms with E-state index in [9.17, 15) is 10.1 Å². The molecule has 3 rings (SSSR count). The molecule has 0 unspecified atom stereocenters. The van der Waals surface area contributed by atoms with Gasteiger partial charge in [-0.05, 0) is 18.2 Å². The van der Waals surface area contributed by atoms with Crippen molar-refractivity contribution >= 4 is 40.1 Å². The molecule has 0 fully saturated rings. The molecule has 22 heavy (non-hydrogen) atoms. The number of hydrogen-bond acceptors (Lipinski definition) is 5. The number of aryl methyl sites for hydroxylation is 1. The lowest BCUT2D eigenvalue weighted by atomic mass is 10.2. The van der Waals surface area contributed by atoms with Crippen LogP contribution >= 0.6 is 23.4 Å². The first-order valence-electron chi connectivity index (χ1n) is 6.38. The summed E-state index contributed by atoms with van der Waals surface area (Å²) in [6.07, 6.45) is 3.43. The molecule has 0 aliphatic carbocycles. The zero-order valence-corrected chi connectivity index (χ0v) is 13.1. The Labute approximate surface area is 135 Å². The third kappa shape index (κ3) is 2.77. The van der Waals surface area contributed by atoms with Gasteiger partial charge in [0, 0.05) is 35.6 Å². The molecule has 0 spiro atoms. The Bertz CT molecular complexity index is 865. The van der Waals surface area contributed by atoms with E-state index in [2.05, 4.69) is 9.97 Å². The molecule has 3 aromatic rings. The monoisotopic (exact) mass is 334 g/mol. The molecule has 0 atom stereocenters. The highest BCUT2D eigenvalue weighted by Gasteiger charge is 2.15. The third-order valence-corrected chi connectivity index (χ3v) is 4.47. The van der Waals surface area contributed by atoms with E-state index in [4.69, 9.17) is 11.6 Å². The average Bonchev–Trinajstić information content (AvgIpc) is 2.87. The maximum Gasteiger partial charge on any atom is 0.273 e. The lowest BCUT2D eigenvalue weighted by Crippen LogP contribution is -1.94. The molecule has 0 N–H and O–H groups in total. The van der Waals surface area contributed by atoms with E-state index >= 15 is 0 Å². The molecule has 0 aliphatic rings. The van der Waals surface area contributed by atoms with Crippen LogP contribution in [0.25, 0.3) is 11.0 Å². The zero-order valence-electron chi connectivity index (χ0n) is 11.6. The Morgan fingerprint density at radius 1 is 1.36 bits per heavy atom. The van der Waals surface area contributed by atoms with Crippen LogP contribution in [0.15, 0.2) is 41.8 Å². The highest BCUT2D eigenvalue weighted by atomic mass is 35.5. The minimum absolute atomic E-state index is 0.0603. The molecule has 8 heteroatoms. The number of thioether (sulfide) groups is 1. The quantitative estimate of drug-likeness (QED) is 0.412. The van der Waals surface area contributed by atoms with E-state index < -0.39 is 4.92 Å². The van der Waals surface area contributed by atoms with Gasteiger partial charge in [-0.25, -0.2) is 9.97 Å². The topological polar surface area (TPSA) is 73.8 Å². The van der Waals surface area contributed by atoms with E-state index in [1.807, 2.05) is 17.7 Å². The van der Waals surface area contributed by atoms with Gasteiger partial charge < -0.3 is 4.57 Å². The number of aromatic nitrogens is 3. The van der Waals surface area contributed by atoms with Gasteiger partial charge in [-0.1, -0.05) is 23.4 Å². The third-order valence-electron chi connectivity index (χ3n) is 3.21. The molecule has 0 aliphatic heterocycles. The lowest BCUT2D eigenvalue weighted by Gasteiger charge is -2.04. The molecular formula is C14H11ClN4O2S. The molecule has 112 valence electrons. The van der Waals surface area contributed by atoms with E-state index in [0.29, 0.717) is 16.3 Å². The Morgan fingerprint density at radius 3 is 2.95 bits per heavy atom. The highest BCUT2D eigenvalue weighted by Crippen LogP contribution is 2.31. The fraction of sp³-hybridized carbons (Fsp3) is 0.143. The Hall–Kier alpha value is -2.12. The molecule has 1 aromatic carbocycles. The van der Waals surface area contributed by atoms with Crippen LogP contribution in [0, 0.1) is 10.1 Å². The second-order valence-electron chi connectivity index (χ2n) is 4.66. The Morgan fingerprint density at radius 2 is 2.18 bits per heavy atom. The van der Waals surface area contributed by atoms with Gasteiger partial charge in [-0.3, -0.25) is 10.1 Å². The average molecular weight is 335 g/mol. The van der Waals surface area contributed by atoms with Crippen LogP contribution in [0.1, 0.15) is 5.56 Å². The van der Waals surface area contributed by atoms with Crippen LogP contribution < -0.4 is 0 Å². The van der Waals surface area contributed by atoms with Crippen molar-refractivity contribution in [1.29, 1.82) is 0 Å². The molecule has 0 amide bonds. The zero-order chi connectivity index (χ0) is 15.7. The second-order valence-corrected chi connectivity index (χ2v) is 6.06. The summed E-state index contributed by atoms with van der Waals surface area (Å²) in [7, 11) is 1.91. The van der Waals surface area contributed by atoms with E-state index in [-0.39, 0.29) is 5.69 Å². The predicted octanol–water partition coefficient (Wildman–Crippen LogP) is 3.82. The van der Waals surface area contributed by atoms with Crippen molar-refractivity contribution in [2.24, 2.45) is 7.05 Å². The number of hydrogen-bond donors (Lipinski definition) is 0. The largest absolute Gasteiger partial charge is 0.334 e. The van der Waals surface area contributed by atoms with E-state index in [0.717, 1.165) is 16.1 Å². The summed E-state index contributed by atoms with van der Waals surface area (Å²) in [5.74, 6) is 0.402. The predicted molar refractivity (Wildman–Crippen MR) is 86.2 cm³/mol. The summed E-state index contributed by atoms with van der Waals surface area (Å²) in [5.41, 5.74) is 2.39. The summed E-state index contributed by atoms with van der Waals surface area (Å²) in [6.45, 7) is 0. The van der Waals surface area contributed by atoms with Crippen LogP contribution in [0.3, 0.4) is 0 Å². The number of pyridine rings is 1. The molecule has 0 bridgehead atoms. The summed E-state index contributed by atoms with van der Waals surface area (Å²) in [5, 5.41) is 12.3. The first-order valence-corrected chi connectivity index (χ1v) is 7.74. The fourth-order valence-corrected chi connectivity index (χ4v) is 3.28. The number of nitro benzene ring substituents is 1. The number of halogens is 1.